The van der Waals surface area contributed by atoms with Crippen LogP contribution >= 0.6 is 11.6 Å². The molecule has 1 saturated heterocycles. The summed E-state index contributed by atoms with van der Waals surface area (Å²) in [6, 6.07) is 16.4. The van der Waals surface area contributed by atoms with Crippen molar-refractivity contribution >= 4 is 34.1 Å². The summed E-state index contributed by atoms with van der Waals surface area (Å²) >= 11 is 6.14. The summed E-state index contributed by atoms with van der Waals surface area (Å²) in [7, 11) is 2.01. The quantitative estimate of drug-likeness (QED) is 0.643. The van der Waals surface area contributed by atoms with Gasteiger partial charge in [-0.3, -0.25) is 9.69 Å². The zero-order chi connectivity index (χ0) is 20.7. The van der Waals surface area contributed by atoms with E-state index < -0.39 is 0 Å². The van der Waals surface area contributed by atoms with Gasteiger partial charge in [-0.2, -0.15) is 0 Å². The predicted octanol–water partition coefficient (Wildman–Crippen LogP) is 3.65. The SMILES string of the molecule is Cn1c2c(c3ccccc31)CCN(CCN1CCN(c3cccc(Cl)c3)CC1)C2=O. The van der Waals surface area contributed by atoms with E-state index in [0.717, 1.165) is 68.5 Å². The van der Waals surface area contributed by atoms with E-state index in [1.54, 1.807) is 0 Å². The number of fused-ring (bicyclic) bond motifs is 3. The van der Waals surface area contributed by atoms with Crippen molar-refractivity contribution in [2.75, 3.05) is 50.7 Å². The second kappa shape index (κ2) is 7.97. The van der Waals surface area contributed by atoms with Crippen molar-refractivity contribution in [3.05, 3.63) is 64.8 Å². The van der Waals surface area contributed by atoms with Crippen LogP contribution in [-0.2, 0) is 13.5 Å². The Morgan fingerprint density at radius 3 is 2.53 bits per heavy atom. The van der Waals surface area contributed by atoms with Crippen molar-refractivity contribution in [3.63, 3.8) is 0 Å². The van der Waals surface area contributed by atoms with Crippen molar-refractivity contribution in [2.45, 2.75) is 6.42 Å². The highest BCUT2D eigenvalue weighted by Gasteiger charge is 2.30. The van der Waals surface area contributed by atoms with E-state index in [4.69, 9.17) is 11.6 Å². The van der Waals surface area contributed by atoms with Crippen molar-refractivity contribution in [3.8, 4) is 0 Å². The lowest BCUT2D eigenvalue weighted by atomic mass is 10.0. The second-order valence-corrected chi connectivity index (χ2v) is 8.69. The number of hydrogen-bond acceptors (Lipinski definition) is 3. The number of rotatable bonds is 4. The standard InChI is InChI=1S/C24H27ClN4O/c1-26-22-8-3-2-7-20(22)21-9-10-29(24(30)23(21)26)16-13-27-11-14-28(15-12-27)19-6-4-5-18(25)17-19/h2-8,17H,9-16H2,1H3. The fourth-order valence-electron chi connectivity index (χ4n) is 4.87. The number of halogens is 1. The van der Waals surface area contributed by atoms with E-state index >= 15 is 0 Å². The number of piperazine rings is 1. The van der Waals surface area contributed by atoms with Crippen LogP contribution in [0, 0.1) is 0 Å². The Kier molecular flexibility index (Phi) is 5.17. The topological polar surface area (TPSA) is 31.7 Å². The summed E-state index contributed by atoms with van der Waals surface area (Å²) in [5, 5.41) is 2.01. The Morgan fingerprint density at radius 2 is 1.73 bits per heavy atom. The number of carbonyl (C=O) groups excluding carboxylic acids is 1. The number of aryl methyl sites for hydroxylation is 1. The number of aromatic nitrogens is 1. The molecule has 0 bridgehead atoms. The molecule has 2 aromatic carbocycles. The normalized spacial score (nSPS) is 17.6. The van der Waals surface area contributed by atoms with Crippen LogP contribution in [0.5, 0.6) is 0 Å². The van der Waals surface area contributed by atoms with Gasteiger partial charge in [0.25, 0.3) is 5.91 Å². The number of carbonyl (C=O) groups is 1. The first-order chi connectivity index (χ1) is 14.6. The van der Waals surface area contributed by atoms with E-state index in [0.29, 0.717) is 0 Å². The van der Waals surface area contributed by atoms with Crippen LogP contribution in [0.25, 0.3) is 10.9 Å². The highest BCUT2D eigenvalue weighted by atomic mass is 35.5. The van der Waals surface area contributed by atoms with Crippen LogP contribution in [0.4, 0.5) is 5.69 Å². The van der Waals surface area contributed by atoms with Gasteiger partial charge in [-0.15, -0.1) is 0 Å². The lowest BCUT2D eigenvalue weighted by Gasteiger charge is -2.37. The molecule has 0 unspecified atom stereocenters. The lowest BCUT2D eigenvalue weighted by molar-refractivity contribution is 0.0707. The van der Waals surface area contributed by atoms with Crippen molar-refractivity contribution in [2.24, 2.45) is 7.05 Å². The molecule has 0 atom stereocenters. The molecule has 2 aliphatic rings. The summed E-state index contributed by atoms with van der Waals surface area (Å²) in [5.41, 5.74) is 4.42. The fourth-order valence-corrected chi connectivity index (χ4v) is 5.06. The number of amides is 1. The smallest absolute Gasteiger partial charge is 0.270 e. The minimum absolute atomic E-state index is 0.174. The third-order valence-corrected chi connectivity index (χ3v) is 6.80. The maximum absolute atomic E-state index is 13.2. The fraction of sp³-hybridized carbons (Fsp3) is 0.375. The molecule has 0 aliphatic carbocycles. The van der Waals surface area contributed by atoms with Gasteiger partial charge < -0.3 is 14.4 Å². The van der Waals surface area contributed by atoms with Gasteiger partial charge in [-0.05, 0) is 36.2 Å². The molecule has 0 N–H and O–H groups in total. The highest BCUT2D eigenvalue weighted by molar-refractivity contribution is 6.30. The molecule has 6 heteroatoms. The van der Waals surface area contributed by atoms with Gasteiger partial charge >= 0.3 is 0 Å². The average molecular weight is 423 g/mol. The van der Waals surface area contributed by atoms with Gasteiger partial charge in [0.2, 0.25) is 0 Å². The molecular weight excluding hydrogens is 396 g/mol. The van der Waals surface area contributed by atoms with Crippen molar-refractivity contribution in [1.29, 1.82) is 0 Å². The molecule has 156 valence electrons. The van der Waals surface area contributed by atoms with Gasteiger partial charge in [0.1, 0.15) is 5.69 Å². The summed E-state index contributed by atoms with van der Waals surface area (Å²) in [6.45, 7) is 6.51. The molecule has 3 aromatic rings. The van der Waals surface area contributed by atoms with Crippen molar-refractivity contribution in [1.82, 2.24) is 14.4 Å². The first-order valence-electron chi connectivity index (χ1n) is 10.7. The molecule has 0 radical (unpaired) electrons. The highest BCUT2D eigenvalue weighted by Crippen LogP contribution is 2.30. The summed E-state index contributed by atoms with van der Waals surface area (Å²) in [6.07, 6.45) is 0.935. The van der Waals surface area contributed by atoms with Crippen LogP contribution < -0.4 is 4.90 Å². The average Bonchev–Trinajstić information content (AvgIpc) is 3.07. The van der Waals surface area contributed by atoms with Crippen molar-refractivity contribution < 1.29 is 4.79 Å². The van der Waals surface area contributed by atoms with Crippen LogP contribution in [0.15, 0.2) is 48.5 Å². The van der Waals surface area contributed by atoms with Gasteiger partial charge in [-0.25, -0.2) is 0 Å². The summed E-state index contributed by atoms with van der Waals surface area (Å²) < 4.78 is 2.07. The van der Waals surface area contributed by atoms with Crippen LogP contribution in [0.1, 0.15) is 16.1 Å². The molecular formula is C24H27ClN4O. The number of para-hydroxylation sites is 1. The zero-order valence-electron chi connectivity index (χ0n) is 17.4. The van der Waals surface area contributed by atoms with Gasteiger partial charge in [-0.1, -0.05) is 35.9 Å². The first-order valence-corrected chi connectivity index (χ1v) is 11.1. The number of nitrogens with zero attached hydrogens (tertiary/aromatic N) is 4. The van der Waals surface area contributed by atoms with E-state index in [9.17, 15) is 4.79 Å². The minimum atomic E-state index is 0.174. The molecule has 0 saturated carbocycles. The Labute approximate surface area is 182 Å². The maximum Gasteiger partial charge on any atom is 0.270 e. The van der Waals surface area contributed by atoms with Gasteiger partial charge in [0.15, 0.2) is 0 Å². The third-order valence-electron chi connectivity index (χ3n) is 6.57. The van der Waals surface area contributed by atoms with E-state index in [1.807, 2.05) is 36.2 Å². The lowest BCUT2D eigenvalue weighted by Crippen LogP contribution is -2.49. The second-order valence-electron chi connectivity index (χ2n) is 8.25. The Morgan fingerprint density at radius 1 is 0.933 bits per heavy atom. The monoisotopic (exact) mass is 422 g/mol. The number of benzene rings is 2. The van der Waals surface area contributed by atoms with Gasteiger partial charge in [0.05, 0.1) is 0 Å². The number of hydrogen-bond donors (Lipinski definition) is 0. The summed E-state index contributed by atoms with van der Waals surface area (Å²) in [5.74, 6) is 0.174. The minimum Gasteiger partial charge on any atom is -0.369 e. The van der Waals surface area contributed by atoms with Crippen LogP contribution in [-0.4, -0.2) is 66.1 Å². The van der Waals surface area contributed by atoms with E-state index in [2.05, 4.69) is 38.6 Å². The third kappa shape index (κ3) is 3.46. The number of anilines is 1. The molecule has 5 nitrogen and oxygen atoms in total. The van der Waals surface area contributed by atoms with Gasteiger partial charge in [0, 0.05) is 74.5 Å². The molecule has 0 spiro atoms. The molecule has 2 aliphatic heterocycles. The zero-order valence-corrected chi connectivity index (χ0v) is 18.1. The van der Waals surface area contributed by atoms with E-state index in [-0.39, 0.29) is 5.91 Å². The Hall–Kier alpha value is -2.50. The maximum atomic E-state index is 13.2. The molecule has 30 heavy (non-hydrogen) atoms. The molecule has 1 fully saturated rings. The molecule has 1 aromatic heterocycles. The largest absolute Gasteiger partial charge is 0.369 e. The van der Waals surface area contributed by atoms with Crippen LogP contribution in [0.2, 0.25) is 5.02 Å². The van der Waals surface area contributed by atoms with Crippen LogP contribution in [0.3, 0.4) is 0 Å². The summed E-state index contributed by atoms with van der Waals surface area (Å²) in [4.78, 5) is 20.1. The molecule has 5 rings (SSSR count). The Bertz CT molecular complexity index is 1080. The predicted molar refractivity (Wildman–Crippen MR) is 123 cm³/mol. The van der Waals surface area contributed by atoms with E-state index in [1.165, 1.54) is 16.6 Å². The Balaban J connectivity index is 1.21. The first kappa shape index (κ1) is 19.5. The molecule has 3 heterocycles. The molecule has 1 amide bonds.